The first-order valence-electron chi connectivity index (χ1n) is 6.66. The number of amides is 2. The Hall–Kier alpha value is -2.05. The second-order valence-corrected chi connectivity index (χ2v) is 4.96. The van der Waals surface area contributed by atoms with E-state index in [1.807, 2.05) is 12.3 Å². The van der Waals surface area contributed by atoms with Crippen LogP contribution in [0.2, 0.25) is 0 Å². The van der Waals surface area contributed by atoms with Crippen LogP contribution in [0.15, 0.2) is 18.5 Å². The predicted octanol–water partition coefficient (Wildman–Crippen LogP) is 1.17. The summed E-state index contributed by atoms with van der Waals surface area (Å²) in [6.07, 6.45) is 4.29. The molecule has 0 aromatic carbocycles. The molecule has 0 fully saturated rings. The standard InChI is InChI=1S/C13H22N4O3/c1-4-17(13(2,3)11(18)19)12(20)14-7-5-9-16-10-6-8-15-16/h6,8,10H,4-5,7,9H2,1-3H3,(H,14,20)(H,18,19). The molecule has 0 aliphatic heterocycles. The van der Waals surface area contributed by atoms with Gasteiger partial charge >= 0.3 is 12.0 Å². The van der Waals surface area contributed by atoms with Gasteiger partial charge in [-0.1, -0.05) is 0 Å². The quantitative estimate of drug-likeness (QED) is 0.735. The Balaban J connectivity index is 2.42. The summed E-state index contributed by atoms with van der Waals surface area (Å²) in [5, 5.41) is 16.0. The second kappa shape index (κ2) is 6.93. The first-order valence-corrected chi connectivity index (χ1v) is 6.66. The smallest absolute Gasteiger partial charge is 0.329 e. The molecule has 0 saturated carbocycles. The van der Waals surface area contributed by atoms with Gasteiger partial charge in [-0.05, 0) is 33.3 Å². The number of carboxylic acid groups (broad SMARTS) is 1. The van der Waals surface area contributed by atoms with Crippen molar-refractivity contribution in [3.63, 3.8) is 0 Å². The number of hydrogen-bond donors (Lipinski definition) is 2. The lowest BCUT2D eigenvalue weighted by Crippen LogP contribution is -2.56. The number of nitrogens with zero attached hydrogens (tertiary/aromatic N) is 3. The van der Waals surface area contributed by atoms with E-state index in [9.17, 15) is 9.59 Å². The summed E-state index contributed by atoms with van der Waals surface area (Å²) in [5.41, 5.74) is -1.22. The molecule has 0 aliphatic carbocycles. The van der Waals surface area contributed by atoms with E-state index in [1.54, 1.807) is 17.8 Å². The van der Waals surface area contributed by atoms with Gasteiger partial charge in [0.25, 0.3) is 0 Å². The number of carbonyl (C=O) groups is 2. The van der Waals surface area contributed by atoms with Crippen LogP contribution in [0.25, 0.3) is 0 Å². The molecular weight excluding hydrogens is 260 g/mol. The third-order valence-corrected chi connectivity index (χ3v) is 3.16. The van der Waals surface area contributed by atoms with Crippen LogP contribution in [-0.4, -0.2) is 50.4 Å². The van der Waals surface area contributed by atoms with E-state index in [1.165, 1.54) is 18.7 Å². The minimum Gasteiger partial charge on any atom is -0.480 e. The molecule has 0 unspecified atom stereocenters. The number of nitrogens with one attached hydrogen (secondary N) is 1. The molecule has 2 N–H and O–H groups in total. The van der Waals surface area contributed by atoms with Gasteiger partial charge in [-0.15, -0.1) is 0 Å². The third kappa shape index (κ3) is 3.97. The van der Waals surface area contributed by atoms with Crippen molar-refractivity contribution in [1.82, 2.24) is 20.0 Å². The summed E-state index contributed by atoms with van der Waals surface area (Å²) in [7, 11) is 0. The van der Waals surface area contributed by atoms with Crippen LogP contribution in [-0.2, 0) is 11.3 Å². The van der Waals surface area contributed by atoms with Crippen LogP contribution in [0.5, 0.6) is 0 Å². The summed E-state index contributed by atoms with van der Waals surface area (Å²) in [6, 6.07) is 1.48. The Labute approximate surface area is 118 Å². The molecule has 7 nitrogen and oxygen atoms in total. The van der Waals surface area contributed by atoms with E-state index in [2.05, 4.69) is 10.4 Å². The van der Waals surface area contributed by atoms with E-state index < -0.39 is 11.5 Å². The highest BCUT2D eigenvalue weighted by molar-refractivity contribution is 5.85. The Bertz CT molecular complexity index is 442. The molecule has 0 bridgehead atoms. The van der Waals surface area contributed by atoms with Gasteiger partial charge in [-0.25, -0.2) is 9.59 Å². The Morgan fingerprint density at radius 3 is 2.65 bits per heavy atom. The average molecular weight is 282 g/mol. The van der Waals surface area contributed by atoms with Crippen molar-refractivity contribution in [2.75, 3.05) is 13.1 Å². The lowest BCUT2D eigenvalue weighted by Gasteiger charge is -2.34. The van der Waals surface area contributed by atoms with Crippen molar-refractivity contribution in [3.05, 3.63) is 18.5 Å². The van der Waals surface area contributed by atoms with Gasteiger partial charge in [-0.3, -0.25) is 4.68 Å². The van der Waals surface area contributed by atoms with Crippen LogP contribution in [0.3, 0.4) is 0 Å². The van der Waals surface area contributed by atoms with Gasteiger partial charge in [0.1, 0.15) is 5.54 Å². The first kappa shape index (κ1) is 16.0. The van der Waals surface area contributed by atoms with Gasteiger partial charge in [0.15, 0.2) is 0 Å². The summed E-state index contributed by atoms with van der Waals surface area (Å²) in [5.74, 6) is -1.02. The Morgan fingerprint density at radius 1 is 1.45 bits per heavy atom. The number of hydrogen-bond acceptors (Lipinski definition) is 3. The molecule has 7 heteroatoms. The first-order chi connectivity index (χ1) is 9.39. The topological polar surface area (TPSA) is 87.5 Å². The maximum Gasteiger partial charge on any atom is 0.329 e. The van der Waals surface area contributed by atoms with Gasteiger partial charge < -0.3 is 15.3 Å². The zero-order chi connectivity index (χ0) is 15.2. The fraction of sp³-hybridized carbons (Fsp3) is 0.615. The fourth-order valence-electron chi connectivity index (χ4n) is 1.87. The van der Waals surface area contributed by atoms with Crippen LogP contribution in [0.4, 0.5) is 4.79 Å². The minimum absolute atomic E-state index is 0.338. The van der Waals surface area contributed by atoms with Gasteiger partial charge in [0.05, 0.1) is 0 Å². The molecule has 112 valence electrons. The third-order valence-electron chi connectivity index (χ3n) is 3.16. The van der Waals surface area contributed by atoms with Gasteiger partial charge in [0.2, 0.25) is 0 Å². The number of urea groups is 1. The number of likely N-dealkylation sites (N-methyl/N-ethyl adjacent to an activating group) is 1. The zero-order valence-electron chi connectivity index (χ0n) is 12.2. The number of rotatable bonds is 7. The average Bonchev–Trinajstić information content (AvgIpc) is 2.88. The molecule has 0 spiro atoms. The maximum atomic E-state index is 12.0. The Morgan fingerprint density at radius 2 is 2.15 bits per heavy atom. The van der Waals surface area contributed by atoms with E-state index in [-0.39, 0.29) is 6.03 Å². The number of carbonyl (C=O) groups excluding carboxylic acids is 1. The van der Waals surface area contributed by atoms with Crippen molar-refractivity contribution in [2.45, 2.75) is 39.3 Å². The van der Waals surface area contributed by atoms with Crippen molar-refractivity contribution in [1.29, 1.82) is 0 Å². The van der Waals surface area contributed by atoms with Crippen LogP contribution < -0.4 is 5.32 Å². The number of aliphatic carboxylic acids is 1. The molecule has 0 saturated heterocycles. The molecule has 1 rings (SSSR count). The molecular formula is C13H22N4O3. The van der Waals surface area contributed by atoms with Crippen LogP contribution in [0.1, 0.15) is 27.2 Å². The highest BCUT2D eigenvalue weighted by Gasteiger charge is 2.36. The molecule has 2 amide bonds. The van der Waals surface area contributed by atoms with Crippen molar-refractivity contribution < 1.29 is 14.7 Å². The maximum absolute atomic E-state index is 12.0. The predicted molar refractivity (Wildman–Crippen MR) is 74.3 cm³/mol. The van der Waals surface area contributed by atoms with Crippen molar-refractivity contribution in [2.24, 2.45) is 0 Å². The SMILES string of the molecule is CCN(C(=O)NCCCn1cccn1)C(C)(C)C(=O)O. The largest absolute Gasteiger partial charge is 0.480 e. The zero-order valence-corrected chi connectivity index (χ0v) is 12.2. The minimum atomic E-state index is -1.22. The highest BCUT2D eigenvalue weighted by atomic mass is 16.4. The van der Waals surface area contributed by atoms with Crippen LogP contribution in [0, 0.1) is 0 Å². The molecule has 1 aromatic heterocycles. The molecule has 1 heterocycles. The fourth-order valence-corrected chi connectivity index (χ4v) is 1.87. The van der Waals surface area contributed by atoms with E-state index in [4.69, 9.17) is 5.11 Å². The normalized spacial score (nSPS) is 11.2. The molecule has 0 radical (unpaired) electrons. The lowest BCUT2D eigenvalue weighted by molar-refractivity contribution is -0.147. The van der Waals surface area contributed by atoms with Crippen molar-refractivity contribution >= 4 is 12.0 Å². The summed E-state index contributed by atoms with van der Waals surface area (Å²) in [4.78, 5) is 24.5. The summed E-state index contributed by atoms with van der Waals surface area (Å²) >= 11 is 0. The summed E-state index contributed by atoms with van der Waals surface area (Å²) in [6.45, 7) is 6.31. The van der Waals surface area contributed by atoms with E-state index in [0.29, 0.717) is 19.6 Å². The van der Waals surface area contributed by atoms with Gasteiger partial charge in [0, 0.05) is 32.0 Å². The molecule has 0 aliphatic rings. The number of aryl methyl sites for hydroxylation is 1. The van der Waals surface area contributed by atoms with Gasteiger partial charge in [-0.2, -0.15) is 5.10 Å². The van der Waals surface area contributed by atoms with E-state index >= 15 is 0 Å². The monoisotopic (exact) mass is 282 g/mol. The van der Waals surface area contributed by atoms with E-state index in [0.717, 1.165) is 6.42 Å². The summed E-state index contributed by atoms with van der Waals surface area (Å²) < 4.78 is 1.78. The van der Waals surface area contributed by atoms with Crippen molar-refractivity contribution in [3.8, 4) is 0 Å². The molecule has 20 heavy (non-hydrogen) atoms. The van der Waals surface area contributed by atoms with Crippen LogP contribution >= 0.6 is 0 Å². The Kier molecular flexibility index (Phi) is 5.54. The molecule has 0 atom stereocenters. The second-order valence-electron chi connectivity index (χ2n) is 4.96. The lowest BCUT2D eigenvalue weighted by atomic mass is 10.0. The number of aromatic nitrogens is 2. The highest BCUT2D eigenvalue weighted by Crippen LogP contribution is 2.14. The molecule has 1 aromatic rings. The number of carboxylic acids is 1.